The van der Waals surface area contributed by atoms with Crippen LogP contribution in [0.5, 0.6) is 0 Å². The Kier molecular flexibility index (Phi) is 4.32. The Morgan fingerprint density at radius 2 is 2.17 bits per heavy atom. The van der Waals surface area contributed by atoms with Crippen molar-refractivity contribution in [3.05, 3.63) is 39.4 Å². The van der Waals surface area contributed by atoms with E-state index >= 15 is 0 Å². The minimum absolute atomic E-state index is 0.0565. The van der Waals surface area contributed by atoms with Gasteiger partial charge in [-0.3, -0.25) is 14.9 Å². The Labute approximate surface area is 101 Å². The van der Waals surface area contributed by atoms with Gasteiger partial charge in [0.1, 0.15) is 5.82 Å². The molecule has 1 amide bonds. The second kappa shape index (κ2) is 5.72. The number of nitrogens with one attached hydrogen (secondary N) is 1. The summed E-state index contributed by atoms with van der Waals surface area (Å²) in [4.78, 5) is 20.8. The van der Waals surface area contributed by atoms with E-state index in [2.05, 4.69) is 17.2 Å². The van der Waals surface area contributed by atoms with Gasteiger partial charge in [-0.15, -0.1) is 5.92 Å². The van der Waals surface area contributed by atoms with Crippen LogP contribution in [0.3, 0.4) is 0 Å². The van der Waals surface area contributed by atoms with Gasteiger partial charge in [0.15, 0.2) is 0 Å². The fraction of sp³-hybridized carbons (Fsp3) is 0.182. The maximum Gasteiger partial charge on any atom is 0.308 e. The average molecular weight is 254 g/mol. The van der Waals surface area contributed by atoms with Crippen molar-refractivity contribution in [3.63, 3.8) is 0 Å². The molecule has 0 atom stereocenters. The van der Waals surface area contributed by atoms with Crippen molar-refractivity contribution < 1.29 is 18.5 Å². The Morgan fingerprint density at radius 1 is 1.50 bits per heavy atom. The minimum Gasteiger partial charge on any atom is -0.341 e. The summed E-state index contributed by atoms with van der Waals surface area (Å²) in [6.45, 7) is 1.48. The zero-order chi connectivity index (χ0) is 13.7. The van der Waals surface area contributed by atoms with E-state index in [1.807, 2.05) is 0 Å². The van der Waals surface area contributed by atoms with Crippen LogP contribution in [0.25, 0.3) is 0 Å². The second-order valence-corrected chi connectivity index (χ2v) is 3.15. The summed E-state index contributed by atoms with van der Waals surface area (Å²) in [5.74, 6) is 1.59. The van der Waals surface area contributed by atoms with Crippen molar-refractivity contribution in [1.82, 2.24) is 5.32 Å². The van der Waals surface area contributed by atoms with Crippen LogP contribution in [0.1, 0.15) is 17.3 Å². The van der Waals surface area contributed by atoms with Gasteiger partial charge >= 0.3 is 5.69 Å². The largest absolute Gasteiger partial charge is 0.341 e. The molecule has 1 rings (SSSR count). The summed E-state index contributed by atoms with van der Waals surface area (Å²) < 4.78 is 26.6. The lowest BCUT2D eigenvalue weighted by molar-refractivity contribution is -0.387. The number of halogens is 2. The molecule has 0 aromatic heterocycles. The van der Waals surface area contributed by atoms with E-state index in [-0.39, 0.29) is 6.54 Å². The molecule has 7 heteroatoms. The molecule has 1 N–H and O–H groups in total. The highest BCUT2D eigenvalue weighted by atomic mass is 19.1. The number of nitro benzene ring substituents is 1. The molecule has 0 aliphatic rings. The predicted molar refractivity (Wildman–Crippen MR) is 58.8 cm³/mol. The Balaban J connectivity index is 3.11. The van der Waals surface area contributed by atoms with Crippen molar-refractivity contribution in [2.45, 2.75) is 6.92 Å². The normalized spacial score (nSPS) is 9.28. The third kappa shape index (κ3) is 3.01. The number of carbonyl (C=O) groups excluding carboxylic acids is 1. The molecule has 5 nitrogen and oxygen atoms in total. The van der Waals surface area contributed by atoms with Crippen LogP contribution in [0.4, 0.5) is 14.5 Å². The van der Waals surface area contributed by atoms with Crippen LogP contribution >= 0.6 is 0 Å². The fourth-order valence-electron chi connectivity index (χ4n) is 1.18. The Hall–Kier alpha value is -2.49. The van der Waals surface area contributed by atoms with Crippen LogP contribution in [0, 0.1) is 33.6 Å². The minimum atomic E-state index is -1.37. The SMILES string of the molecule is CC#CCNC(=O)c1cc(F)cc([N+](=O)[O-])c1F. The first-order valence-corrected chi connectivity index (χ1v) is 4.78. The maximum atomic E-state index is 13.6. The number of amides is 1. The molecular weight excluding hydrogens is 246 g/mol. The first-order chi connectivity index (χ1) is 8.47. The molecule has 0 saturated carbocycles. The molecule has 0 aliphatic carbocycles. The van der Waals surface area contributed by atoms with Crippen molar-refractivity contribution in [2.75, 3.05) is 6.54 Å². The zero-order valence-corrected chi connectivity index (χ0v) is 9.29. The highest BCUT2D eigenvalue weighted by Crippen LogP contribution is 2.22. The molecule has 0 saturated heterocycles. The van der Waals surface area contributed by atoms with Gasteiger partial charge in [0.05, 0.1) is 23.1 Å². The molecule has 0 unspecified atom stereocenters. The fourth-order valence-corrected chi connectivity index (χ4v) is 1.18. The van der Waals surface area contributed by atoms with Crippen LogP contribution in [-0.4, -0.2) is 17.4 Å². The number of hydrogen-bond donors (Lipinski definition) is 1. The summed E-state index contributed by atoms with van der Waals surface area (Å²) in [6.07, 6.45) is 0. The molecule has 0 radical (unpaired) electrons. The first-order valence-electron chi connectivity index (χ1n) is 4.78. The quantitative estimate of drug-likeness (QED) is 0.506. The highest BCUT2D eigenvalue weighted by Gasteiger charge is 2.23. The van der Waals surface area contributed by atoms with Crippen molar-refractivity contribution in [3.8, 4) is 11.8 Å². The van der Waals surface area contributed by atoms with Gasteiger partial charge in [0.25, 0.3) is 5.91 Å². The molecule has 0 spiro atoms. The topological polar surface area (TPSA) is 72.2 Å². The van der Waals surface area contributed by atoms with Gasteiger partial charge in [-0.2, -0.15) is 4.39 Å². The number of rotatable bonds is 3. The van der Waals surface area contributed by atoms with Gasteiger partial charge in [-0.05, 0) is 13.0 Å². The van der Waals surface area contributed by atoms with E-state index in [0.717, 1.165) is 0 Å². The maximum absolute atomic E-state index is 13.6. The molecule has 1 aromatic carbocycles. The average Bonchev–Trinajstić information content (AvgIpc) is 2.31. The van der Waals surface area contributed by atoms with E-state index < -0.39 is 33.7 Å². The van der Waals surface area contributed by atoms with E-state index in [4.69, 9.17) is 0 Å². The van der Waals surface area contributed by atoms with Crippen molar-refractivity contribution >= 4 is 11.6 Å². The third-order valence-corrected chi connectivity index (χ3v) is 1.97. The summed E-state index contributed by atoms with van der Waals surface area (Å²) >= 11 is 0. The Morgan fingerprint density at radius 3 is 2.72 bits per heavy atom. The summed E-state index contributed by atoms with van der Waals surface area (Å²) in [7, 11) is 0. The summed E-state index contributed by atoms with van der Waals surface area (Å²) in [5.41, 5.74) is -1.80. The van der Waals surface area contributed by atoms with Crippen LogP contribution < -0.4 is 5.32 Å². The molecule has 0 aliphatic heterocycles. The molecular formula is C11H8F2N2O3. The third-order valence-electron chi connectivity index (χ3n) is 1.97. The van der Waals surface area contributed by atoms with Crippen LogP contribution in [0.15, 0.2) is 12.1 Å². The molecule has 18 heavy (non-hydrogen) atoms. The predicted octanol–water partition coefficient (Wildman–Crippen LogP) is 1.63. The molecule has 1 aromatic rings. The molecule has 0 heterocycles. The van der Waals surface area contributed by atoms with E-state index in [1.165, 1.54) is 0 Å². The lowest BCUT2D eigenvalue weighted by Crippen LogP contribution is -2.25. The first kappa shape index (κ1) is 13.6. The van der Waals surface area contributed by atoms with Crippen molar-refractivity contribution in [2.24, 2.45) is 0 Å². The molecule has 0 fully saturated rings. The van der Waals surface area contributed by atoms with Crippen LogP contribution in [-0.2, 0) is 0 Å². The van der Waals surface area contributed by atoms with Crippen LogP contribution in [0.2, 0.25) is 0 Å². The number of nitrogens with zero attached hydrogens (tertiary/aromatic N) is 1. The Bertz CT molecular complexity index is 561. The number of nitro groups is 1. The van der Waals surface area contributed by atoms with Gasteiger partial charge < -0.3 is 5.32 Å². The van der Waals surface area contributed by atoms with E-state index in [1.54, 1.807) is 6.92 Å². The number of hydrogen-bond acceptors (Lipinski definition) is 3. The standard InChI is InChI=1S/C11H8F2N2O3/c1-2-3-4-14-11(16)8-5-7(12)6-9(10(8)13)15(17)18/h5-6H,4H2,1H3,(H,14,16). The second-order valence-electron chi connectivity index (χ2n) is 3.15. The summed E-state index contributed by atoms with van der Waals surface area (Å²) in [6, 6.07) is 1.01. The lowest BCUT2D eigenvalue weighted by Gasteiger charge is -2.04. The van der Waals surface area contributed by atoms with Gasteiger partial charge in [0.2, 0.25) is 5.82 Å². The zero-order valence-electron chi connectivity index (χ0n) is 9.29. The van der Waals surface area contributed by atoms with E-state index in [9.17, 15) is 23.7 Å². The van der Waals surface area contributed by atoms with Gasteiger partial charge in [-0.1, -0.05) is 5.92 Å². The number of benzene rings is 1. The monoisotopic (exact) mass is 254 g/mol. The molecule has 0 bridgehead atoms. The van der Waals surface area contributed by atoms with E-state index in [0.29, 0.717) is 12.1 Å². The highest BCUT2D eigenvalue weighted by molar-refractivity contribution is 5.95. The van der Waals surface area contributed by atoms with Gasteiger partial charge in [0, 0.05) is 0 Å². The smallest absolute Gasteiger partial charge is 0.308 e. The van der Waals surface area contributed by atoms with Crippen molar-refractivity contribution in [1.29, 1.82) is 0 Å². The lowest BCUT2D eigenvalue weighted by atomic mass is 10.1. The summed E-state index contributed by atoms with van der Waals surface area (Å²) in [5, 5.41) is 12.6. The number of carbonyl (C=O) groups is 1. The molecule has 94 valence electrons. The van der Waals surface area contributed by atoms with Gasteiger partial charge in [-0.25, -0.2) is 4.39 Å².